The third-order valence-corrected chi connectivity index (χ3v) is 4.44. The summed E-state index contributed by atoms with van der Waals surface area (Å²) in [5.74, 6) is 0. The van der Waals surface area contributed by atoms with Gasteiger partial charge in [-0.3, -0.25) is 0 Å². The van der Waals surface area contributed by atoms with E-state index in [-0.39, 0.29) is 5.41 Å². The molecule has 0 aliphatic carbocycles. The molecule has 0 saturated carbocycles. The molecule has 1 aromatic carbocycles. The second-order valence-electron chi connectivity index (χ2n) is 5.98. The van der Waals surface area contributed by atoms with Crippen LogP contribution in [0.25, 0.3) is 10.6 Å². The Labute approximate surface area is 130 Å². The van der Waals surface area contributed by atoms with Crippen LogP contribution in [0.15, 0.2) is 24.3 Å². The van der Waals surface area contributed by atoms with Crippen molar-refractivity contribution in [2.45, 2.75) is 39.2 Å². The summed E-state index contributed by atoms with van der Waals surface area (Å²) >= 11 is 1.58. The molecule has 0 radical (unpaired) electrons. The molecule has 4 heteroatoms. The van der Waals surface area contributed by atoms with Crippen molar-refractivity contribution in [2.75, 3.05) is 7.11 Å². The van der Waals surface area contributed by atoms with Gasteiger partial charge in [-0.15, -0.1) is 11.3 Å². The molecule has 1 aromatic heterocycles. The van der Waals surface area contributed by atoms with E-state index < -0.39 is 0 Å². The predicted molar refractivity (Wildman–Crippen MR) is 86.3 cm³/mol. The molecule has 0 bridgehead atoms. The highest BCUT2D eigenvalue weighted by atomic mass is 32.1. The summed E-state index contributed by atoms with van der Waals surface area (Å²) in [6.45, 7) is 7.06. The maximum absolute atomic E-state index is 8.91. The zero-order valence-electron chi connectivity index (χ0n) is 12.9. The lowest BCUT2D eigenvalue weighted by Crippen LogP contribution is -2.10. The summed E-state index contributed by atoms with van der Waals surface area (Å²) in [5.41, 5.74) is 3.42. The number of thiazole rings is 1. The normalized spacial score (nSPS) is 11.4. The minimum absolute atomic E-state index is 0.147. The molecule has 0 amide bonds. The van der Waals surface area contributed by atoms with Gasteiger partial charge in [-0.1, -0.05) is 45.0 Å². The number of aromatic nitrogens is 1. The van der Waals surface area contributed by atoms with Crippen molar-refractivity contribution in [1.82, 2.24) is 4.98 Å². The molecule has 0 aliphatic rings. The highest BCUT2D eigenvalue weighted by molar-refractivity contribution is 7.15. The molecule has 3 nitrogen and oxygen atoms in total. The first-order chi connectivity index (χ1) is 9.95. The number of benzene rings is 1. The molecule has 0 aliphatic heterocycles. The SMILES string of the molecule is COCc1nc(-c2ccc(C(C)(C)C)cc2)sc1CC#N. The third kappa shape index (κ3) is 3.69. The quantitative estimate of drug-likeness (QED) is 0.844. The van der Waals surface area contributed by atoms with Crippen molar-refractivity contribution in [2.24, 2.45) is 0 Å². The second-order valence-corrected chi connectivity index (χ2v) is 7.07. The van der Waals surface area contributed by atoms with Crippen LogP contribution in [0.1, 0.15) is 36.9 Å². The van der Waals surface area contributed by atoms with Gasteiger partial charge in [0.2, 0.25) is 0 Å². The van der Waals surface area contributed by atoms with Gasteiger partial charge in [0.05, 0.1) is 24.8 Å². The number of nitriles is 1. The van der Waals surface area contributed by atoms with Crippen molar-refractivity contribution in [3.63, 3.8) is 0 Å². The van der Waals surface area contributed by atoms with E-state index in [0.29, 0.717) is 13.0 Å². The fraction of sp³-hybridized carbons (Fsp3) is 0.412. The Bertz CT molecular complexity index is 645. The fourth-order valence-corrected chi connectivity index (χ4v) is 3.08. The zero-order chi connectivity index (χ0) is 15.5. The summed E-state index contributed by atoms with van der Waals surface area (Å²) in [6, 6.07) is 10.7. The lowest BCUT2D eigenvalue weighted by atomic mass is 9.87. The molecule has 0 spiro atoms. The van der Waals surface area contributed by atoms with Crippen LogP contribution >= 0.6 is 11.3 Å². The van der Waals surface area contributed by atoms with E-state index in [9.17, 15) is 0 Å². The third-order valence-electron chi connectivity index (χ3n) is 3.30. The van der Waals surface area contributed by atoms with Crippen LogP contribution in [0.4, 0.5) is 0 Å². The first kappa shape index (κ1) is 15.7. The molecular formula is C17H20N2OS. The molecule has 0 saturated heterocycles. The Kier molecular flexibility index (Phi) is 4.76. The van der Waals surface area contributed by atoms with Crippen LogP contribution < -0.4 is 0 Å². The number of hydrogen-bond acceptors (Lipinski definition) is 4. The van der Waals surface area contributed by atoms with Crippen LogP contribution in [0.2, 0.25) is 0 Å². The topological polar surface area (TPSA) is 45.9 Å². The summed E-state index contributed by atoms with van der Waals surface area (Å²) in [7, 11) is 1.65. The van der Waals surface area contributed by atoms with Crippen LogP contribution in [0, 0.1) is 11.3 Å². The average Bonchev–Trinajstić information content (AvgIpc) is 2.82. The Hall–Kier alpha value is -1.70. The molecule has 0 fully saturated rings. The first-order valence-corrected chi connectivity index (χ1v) is 7.72. The Balaban J connectivity index is 2.34. The van der Waals surface area contributed by atoms with Crippen LogP contribution in [0.3, 0.4) is 0 Å². The van der Waals surface area contributed by atoms with E-state index >= 15 is 0 Å². The zero-order valence-corrected chi connectivity index (χ0v) is 13.8. The minimum Gasteiger partial charge on any atom is -0.378 e. The number of rotatable bonds is 4. The number of methoxy groups -OCH3 is 1. The summed E-state index contributed by atoms with van der Waals surface area (Å²) in [5, 5.41) is 9.86. The molecule has 2 rings (SSSR count). The number of ether oxygens (including phenoxy) is 1. The molecular weight excluding hydrogens is 280 g/mol. The van der Waals surface area contributed by atoms with Gasteiger partial charge in [0.15, 0.2) is 0 Å². The van der Waals surface area contributed by atoms with Gasteiger partial charge in [-0.25, -0.2) is 4.98 Å². The van der Waals surface area contributed by atoms with E-state index in [4.69, 9.17) is 10.00 Å². The van der Waals surface area contributed by atoms with Gasteiger partial charge >= 0.3 is 0 Å². The van der Waals surface area contributed by atoms with Gasteiger partial charge in [0, 0.05) is 17.6 Å². The van der Waals surface area contributed by atoms with E-state index in [1.54, 1.807) is 18.4 Å². The Morgan fingerprint density at radius 3 is 2.43 bits per heavy atom. The molecule has 1 heterocycles. The van der Waals surface area contributed by atoms with Crippen LogP contribution in [-0.4, -0.2) is 12.1 Å². The van der Waals surface area contributed by atoms with Gasteiger partial charge in [0.1, 0.15) is 5.01 Å². The van der Waals surface area contributed by atoms with Crippen molar-refractivity contribution in [3.05, 3.63) is 40.4 Å². The van der Waals surface area contributed by atoms with E-state index in [2.05, 4.69) is 56.1 Å². The molecule has 2 aromatic rings. The largest absolute Gasteiger partial charge is 0.378 e. The van der Waals surface area contributed by atoms with Gasteiger partial charge in [0.25, 0.3) is 0 Å². The van der Waals surface area contributed by atoms with Crippen LogP contribution in [-0.2, 0) is 23.2 Å². The van der Waals surface area contributed by atoms with Gasteiger partial charge < -0.3 is 4.74 Å². The smallest absolute Gasteiger partial charge is 0.124 e. The maximum Gasteiger partial charge on any atom is 0.124 e. The van der Waals surface area contributed by atoms with Crippen molar-refractivity contribution in [1.29, 1.82) is 5.26 Å². The summed E-state index contributed by atoms with van der Waals surface area (Å²) in [4.78, 5) is 5.62. The van der Waals surface area contributed by atoms with Gasteiger partial charge in [-0.2, -0.15) is 5.26 Å². The monoisotopic (exact) mass is 300 g/mol. The lowest BCUT2D eigenvalue weighted by molar-refractivity contribution is 0.181. The standard InChI is InChI=1S/C17H20N2OS/c1-17(2,3)13-7-5-12(6-8-13)16-19-14(11-20-4)15(21-16)9-10-18/h5-8H,9,11H2,1-4H3. The van der Waals surface area contributed by atoms with E-state index in [1.807, 2.05) is 0 Å². The molecule has 0 N–H and O–H groups in total. The van der Waals surface area contributed by atoms with Crippen molar-refractivity contribution in [3.8, 4) is 16.6 Å². The molecule has 21 heavy (non-hydrogen) atoms. The average molecular weight is 300 g/mol. The number of nitrogens with zero attached hydrogens (tertiary/aromatic N) is 2. The van der Waals surface area contributed by atoms with E-state index in [1.165, 1.54) is 5.56 Å². The van der Waals surface area contributed by atoms with Crippen molar-refractivity contribution < 1.29 is 4.74 Å². The summed E-state index contributed by atoms with van der Waals surface area (Å²) in [6.07, 6.45) is 0.385. The minimum atomic E-state index is 0.147. The number of hydrogen-bond donors (Lipinski definition) is 0. The predicted octanol–water partition coefficient (Wildman–Crippen LogP) is 4.32. The van der Waals surface area contributed by atoms with Gasteiger partial charge in [-0.05, 0) is 11.0 Å². The highest BCUT2D eigenvalue weighted by Gasteiger charge is 2.15. The summed E-state index contributed by atoms with van der Waals surface area (Å²) < 4.78 is 5.16. The Morgan fingerprint density at radius 1 is 1.24 bits per heavy atom. The molecule has 0 atom stereocenters. The first-order valence-electron chi connectivity index (χ1n) is 6.91. The molecule has 110 valence electrons. The fourth-order valence-electron chi connectivity index (χ4n) is 2.08. The highest BCUT2D eigenvalue weighted by Crippen LogP contribution is 2.31. The Morgan fingerprint density at radius 2 is 1.90 bits per heavy atom. The second kappa shape index (κ2) is 6.38. The van der Waals surface area contributed by atoms with Crippen LogP contribution in [0.5, 0.6) is 0 Å². The maximum atomic E-state index is 8.91. The van der Waals surface area contributed by atoms with Crippen molar-refractivity contribution >= 4 is 11.3 Å². The molecule has 0 unspecified atom stereocenters. The lowest BCUT2D eigenvalue weighted by Gasteiger charge is -2.18. The van der Waals surface area contributed by atoms with E-state index in [0.717, 1.165) is 21.1 Å².